The SMILES string of the molecule is C#[N+][C@@]12CC[C@@H](C[C@@H](n3c(=O)c(C(=O)OCC)nc4ccccc43)C1)N2C(CC)CC. The highest BCUT2D eigenvalue weighted by molar-refractivity contribution is 5.89. The molecule has 2 saturated heterocycles. The number of hydrogen-bond acceptors (Lipinski definition) is 5. The Morgan fingerprint density at radius 1 is 1.29 bits per heavy atom. The van der Waals surface area contributed by atoms with E-state index >= 15 is 0 Å². The van der Waals surface area contributed by atoms with Gasteiger partial charge in [-0.25, -0.2) is 14.7 Å². The molecule has 164 valence electrons. The lowest BCUT2D eigenvalue weighted by Crippen LogP contribution is -2.56. The molecule has 7 heteroatoms. The molecule has 0 saturated carbocycles. The molecule has 2 aromatic rings. The molecule has 0 unspecified atom stereocenters. The van der Waals surface area contributed by atoms with Gasteiger partial charge in [-0.05, 0) is 44.7 Å². The number of fused-ring (bicyclic) bond motifs is 3. The Bertz CT molecular complexity index is 1080. The number of benzene rings is 1. The Hall–Kier alpha value is -2.72. The van der Waals surface area contributed by atoms with Crippen molar-refractivity contribution in [3.8, 4) is 6.57 Å². The maximum Gasteiger partial charge on any atom is 0.362 e. The molecule has 2 aliphatic heterocycles. The van der Waals surface area contributed by atoms with E-state index in [2.05, 4.69) is 28.6 Å². The molecule has 0 amide bonds. The summed E-state index contributed by atoms with van der Waals surface area (Å²) in [6, 6.07) is 8.07. The van der Waals surface area contributed by atoms with Crippen LogP contribution in [0, 0.1) is 6.57 Å². The van der Waals surface area contributed by atoms with Gasteiger partial charge in [-0.1, -0.05) is 30.8 Å². The predicted molar refractivity (Wildman–Crippen MR) is 120 cm³/mol. The van der Waals surface area contributed by atoms with Gasteiger partial charge < -0.3 is 9.30 Å². The third-order valence-corrected chi connectivity index (χ3v) is 7.06. The number of para-hydroxylation sites is 2. The third-order valence-electron chi connectivity index (χ3n) is 7.06. The molecule has 2 bridgehead atoms. The monoisotopic (exact) mass is 423 g/mol. The van der Waals surface area contributed by atoms with Gasteiger partial charge in [0.2, 0.25) is 5.69 Å². The van der Waals surface area contributed by atoms with E-state index in [4.69, 9.17) is 11.3 Å². The molecule has 3 heterocycles. The number of ether oxygens (including phenoxy) is 1. The number of carbonyl (C=O) groups excluding carboxylic acids is 1. The number of carbonyl (C=O) groups is 1. The summed E-state index contributed by atoms with van der Waals surface area (Å²) >= 11 is 0. The Morgan fingerprint density at radius 3 is 2.71 bits per heavy atom. The highest BCUT2D eigenvalue weighted by atomic mass is 16.5. The number of hydrogen-bond donors (Lipinski definition) is 0. The Morgan fingerprint density at radius 2 is 2.03 bits per heavy atom. The molecule has 3 atom stereocenters. The lowest BCUT2D eigenvalue weighted by molar-refractivity contribution is 0.0150. The summed E-state index contributed by atoms with van der Waals surface area (Å²) in [5, 5.41) is 0. The van der Waals surface area contributed by atoms with E-state index in [0.29, 0.717) is 24.0 Å². The second-order valence-electron chi connectivity index (χ2n) is 8.62. The topological polar surface area (TPSA) is 68.8 Å². The Balaban J connectivity index is 1.83. The van der Waals surface area contributed by atoms with Crippen molar-refractivity contribution < 1.29 is 9.53 Å². The summed E-state index contributed by atoms with van der Waals surface area (Å²) in [4.78, 5) is 37.2. The highest BCUT2D eigenvalue weighted by Gasteiger charge is 2.61. The quantitative estimate of drug-likeness (QED) is 0.651. The van der Waals surface area contributed by atoms with E-state index in [1.807, 2.05) is 24.3 Å². The fraction of sp³-hybridized carbons (Fsp3) is 0.583. The minimum Gasteiger partial charge on any atom is -0.461 e. The van der Waals surface area contributed by atoms with Gasteiger partial charge in [0.1, 0.15) is 0 Å². The molecule has 0 radical (unpaired) electrons. The fourth-order valence-electron chi connectivity index (χ4n) is 5.77. The summed E-state index contributed by atoms with van der Waals surface area (Å²) in [5.74, 6) is -0.678. The molecule has 1 aromatic heterocycles. The van der Waals surface area contributed by atoms with Crippen LogP contribution in [0.1, 0.15) is 75.8 Å². The van der Waals surface area contributed by atoms with Crippen molar-refractivity contribution in [2.45, 2.75) is 83.1 Å². The number of piperidine rings is 1. The summed E-state index contributed by atoms with van der Waals surface area (Å²) in [5.41, 5.74) is 0.309. The largest absolute Gasteiger partial charge is 0.461 e. The number of rotatable bonds is 6. The zero-order chi connectivity index (χ0) is 22.2. The van der Waals surface area contributed by atoms with Gasteiger partial charge in [-0.2, -0.15) is 0 Å². The van der Waals surface area contributed by atoms with E-state index in [0.717, 1.165) is 37.6 Å². The van der Waals surface area contributed by atoms with Crippen LogP contribution in [0.4, 0.5) is 0 Å². The first-order valence-electron chi connectivity index (χ1n) is 11.4. The molecule has 31 heavy (non-hydrogen) atoms. The summed E-state index contributed by atoms with van der Waals surface area (Å²) in [6.07, 6.45) is 5.46. The van der Waals surface area contributed by atoms with Gasteiger partial charge >= 0.3 is 11.6 Å². The first kappa shape index (κ1) is 21.5. The smallest absolute Gasteiger partial charge is 0.362 e. The molecule has 0 spiro atoms. The van der Waals surface area contributed by atoms with Crippen LogP contribution >= 0.6 is 0 Å². The van der Waals surface area contributed by atoms with Crippen LogP contribution in [0.3, 0.4) is 0 Å². The van der Waals surface area contributed by atoms with Crippen molar-refractivity contribution in [1.82, 2.24) is 14.5 Å². The molecular weight excluding hydrogens is 392 g/mol. The average Bonchev–Trinajstić information content (AvgIpc) is 3.00. The molecule has 4 rings (SSSR count). The third kappa shape index (κ3) is 3.43. The lowest BCUT2D eigenvalue weighted by Gasteiger charge is -2.42. The van der Waals surface area contributed by atoms with Crippen molar-refractivity contribution in [2.24, 2.45) is 0 Å². The number of esters is 1. The summed E-state index contributed by atoms with van der Waals surface area (Å²) in [6.45, 7) is 12.4. The molecule has 1 aromatic carbocycles. The van der Waals surface area contributed by atoms with Crippen LogP contribution in [-0.2, 0) is 4.74 Å². The second kappa shape index (κ2) is 8.43. The maximum absolute atomic E-state index is 13.5. The van der Waals surface area contributed by atoms with Crippen LogP contribution in [0.15, 0.2) is 29.1 Å². The van der Waals surface area contributed by atoms with Crippen molar-refractivity contribution in [3.63, 3.8) is 0 Å². The lowest BCUT2D eigenvalue weighted by atomic mass is 9.89. The highest BCUT2D eigenvalue weighted by Crippen LogP contribution is 2.50. The van der Waals surface area contributed by atoms with E-state index < -0.39 is 17.2 Å². The summed E-state index contributed by atoms with van der Waals surface area (Å²) < 4.78 is 6.86. The summed E-state index contributed by atoms with van der Waals surface area (Å²) in [7, 11) is 0. The van der Waals surface area contributed by atoms with E-state index in [9.17, 15) is 9.59 Å². The minimum atomic E-state index is -0.678. The van der Waals surface area contributed by atoms with Gasteiger partial charge in [0.05, 0.1) is 24.1 Å². The average molecular weight is 424 g/mol. The van der Waals surface area contributed by atoms with Crippen molar-refractivity contribution in [2.75, 3.05) is 6.61 Å². The number of aromatic nitrogens is 2. The van der Waals surface area contributed by atoms with Gasteiger partial charge in [0, 0.05) is 24.5 Å². The van der Waals surface area contributed by atoms with E-state index in [1.165, 1.54) is 0 Å². The van der Waals surface area contributed by atoms with Crippen molar-refractivity contribution in [3.05, 3.63) is 45.2 Å². The first-order chi connectivity index (χ1) is 15.0. The molecule has 7 nitrogen and oxygen atoms in total. The normalized spacial score (nSPS) is 25.6. The van der Waals surface area contributed by atoms with Gasteiger partial charge in [-0.15, -0.1) is 0 Å². The molecule has 2 fully saturated rings. The zero-order valence-electron chi connectivity index (χ0n) is 18.6. The first-order valence-corrected chi connectivity index (χ1v) is 11.4. The minimum absolute atomic E-state index is 0.112. The van der Waals surface area contributed by atoms with Crippen LogP contribution in [0.25, 0.3) is 15.9 Å². The van der Waals surface area contributed by atoms with E-state index in [1.54, 1.807) is 11.5 Å². The second-order valence-corrected chi connectivity index (χ2v) is 8.62. The maximum atomic E-state index is 13.5. The van der Waals surface area contributed by atoms with Crippen LogP contribution in [-0.4, -0.2) is 44.8 Å². The van der Waals surface area contributed by atoms with Crippen LogP contribution in [0.2, 0.25) is 0 Å². The van der Waals surface area contributed by atoms with E-state index in [-0.39, 0.29) is 18.3 Å². The Kier molecular flexibility index (Phi) is 5.85. The molecular formula is C24H31N4O3+. The molecule has 2 aliphatic rings. The Labute approximate surface area is 182 Å². The zero-order valence-corrected chi connectivity index (χ0v) is 18.6. The predicted octanol–water partition coefficient (Wildman–Crippen LogP) is 4.22. The van der Waals surface area contributed by atoms with Gasteiger partial charge in [-0.3, -0.25) is 4.79 Å². The standard InChI is InChI=1S/C24H31N4O3/c1-5-16(6-2)28-17-12-13-24(28,25-4)15-18(14-17)27-20-11-9-8-10-19(20)26-21(22(27)29)23(30)31-7-3/h4,8-11,16-18H,5-7,12-15H2,1-3H3/q+1/t17-,18+,24+/m0/s1. The van der Waals surface area contributed by atoms with Crippen molar-refractivity contribution in [1.29, 1.82) is 0 Å². The van der Waals surface area contributed by atoms with Crippen LogP contribution in [0.5, 0.6) is 0 Å². The fourth-order valence-corrected chi connectivity index (χ4v) is 5.77. The van der Waals surface area contributed by atoms with Gasteiger partial charge in [0.15, 0.2) is 0 Å². The van der Waals surface area contributed by atoms with Crippen molar-refractivity contribution >= 4 is 17.0 Å². The number of nitrogens with zero attached hydrogens (tertiary/aromatic N) is 4. The van der Waals surface area contributed by atoms with Crippen LogP contribution < -0.4 is 5.56 Å². The molecule has 0 N–H and O–H groups in total. The molecule has 0 aliphatic carbocycles. The van der Waals surface area contributed by atoms with Gasteiger partial charge in [0.25, 0.3) is 12.1 Å².